The molecular formula is FeLiMnO3+. The van der Waals surface area contributed by atoms with Gasteiger partial charge < -0.3 is 0 Å². The van der Waals surface area contributed by atoms with E-state index < -0.39 is 14.5 Å². The molecule has 0 aliphatic carbocycles. The van der Waals surface area contributed by atoms with Crippen LogP contribution in [0.2, 0.25) is 0 Å². The van der Waals surface area contributed by atoms with Crippen LogP contribution in [-0.4, -0.2) is 0 Å². The van der Waals surface area contributed by atoms with Crippen molar-refractivity contribution in [3.05, 3.63) is 0 Å². The van der Waals surface area contributed by atoms with Gasteiger partial charge in [0.25, 0.3) is 0 Å². The van der Waals surface area contributed by atoms with E-state index in [4.69, 9.17) is 12.2 Å². The van der Waals surface area contributed by atoms with Crippen LogP contribution in [0.1, 0.15) is 0 Å². The van der Waals surface area contributed by atoms with Gasteiger partial charge >= 0.3 is 62.6 Å². The van der Waals surface area contributed by atoms with Crippen LogP contribution in [0.3, 0.4) is 0 Å². The van der Waals surface area contributed by atoms with Crippen LogP contribution >= 0.6 is 0 Å². The Balaban J connectivity index is -0.0000000450. The molecule has 0 heterocycles. The fraction of sp³-hybridized carbons (Fsp3) is 0. The topological polar surface area (TPSA) is 63.2 Å². The first-order valence-corrected chi connectivity index (χ1v) is 1.91. The standard InChI is InChI=1S/Fe.Li.Mn.3O/q+2;+1;;;2*-1. The SMILES string of the molecule is [Fe+2].[Li+].[O]=[Mn]([O-])[O-]. The van der Waals surface area contributed by atoms with Gasteiger partial charge in [-0.05, 0) is 0 Å². The molecule has 0 radical (unpaired) electrons. The van der Waals surface area contributed by atoms with E-state index in [2.05, 4.69) is 0 Å². The van der Waals surface area contributed by atoms with E-state index in [-0.39, 0.29) is 35.9 Å². The third-order valence-corrected chi connectivity index (χ3v) is 0. The monoisotopic (exact) mass is 166 g/mol. The van der Waals surface area contributed by atoms with E-state index in [9.17, 15) is 0 Å². The van der Waals surface area contributed by atoms with E-state index in [1.165, 1.54) is 0 Å². The van der Waals surface area contributed by atoms with Gasteiger partial charge in [0.2, 0.25) is 0 Å². The Hall–Kier alpha value is 1.36. The first kappa shape index (κ1) is 15.7. The molecule has 0 amide bonds. The van der Waals surface area contributed by atoms with Crippen LogP contribution in [0.5, 0.6) is 0 Å². The van der Waals surface area contributed by atoms with Gasteiger partial charge in [-0.3, -0.25) is 0 Å². The second-order valence-electron chi connectivity index (χ2n) is 0.189. The predicted octanol–water partition coefficient (Wildman–Crippen LogP) is -5.50. The first-order chi connectivity index (χ1) is 1.73. The summed E-state index contributed by atoms with van der Waals surface area (Å²) in [6.45, 7) is 0. The average molecular weight is 166 g/mol. The van der Waals surface area contributed by atoms with Crippen molar-refractivity contribution in [2.45, 2.75) is 0 Å². The molecule has 0 saturated heterocycles. The summed E-state index contributed by atoms with van der Waals surface area (Å²) in [5.74, 6) is 0. The molecule has 33 valence electrons. The van der Waals surface area contributed by atoms with Crippen molar-refractivity contribution in [2.24, 2.45) is 0 Å². The van der Waals surface area contributed by atoms with Gasteiger partial charge in [0.15, 0.2) is 0 Å². The Morgan fingerprint density at radius 1 is 1.33 bits per heavy atom. The zero-order valence-corrected chi connectivity index (χ0v) is 5.24. The zero-order valence-electron chi connectivity index (χ0n) is 2.96. The second-order valence-corrected chi connectivity index (χ2v) is 0.779. The van der Waals surface area contributed by atoms with Crippen LogP contribution in [0.25, 0.3) is 0 Å². The molecule has 0 aromatic rings. The quantitative estimate of drug-likeness (QED) is 0.337. The van der Waals surface area contributed by atoms with Crippen molar-refractivity contribution in [3.63, 3.8) is 0 Å². The minimum absolute atomic E-state index is 0. The molecule has 0 fully saturated rings. The minimum atomic E-state index is -3.65. The van der Waals surface area contributed by atoms with Gasteiger partial charge in [0.05, 0.1) is 0 Å². The van der Waals surface area contributed by atoms with Gasteiger partial charge in [-0.15, -0.1) is 0 Å². The van der Waals surface area contributed by atoms with Crippen molar-refractivity contribution >= 4 is 0 Å². The maximum atomic E-state index is 8.52. The van der Waals surface area contributed by atoms with Gasteiger partial charge in [0.1, 0.15) is 0 Å². The number of hydrogen-bond donors (Lipinski definition) is 0. The van der Waals surface area contributed by atoms with Gasteiger partial charge in [-0.25, -0.2) is 0 Å². The molecule has 0 aliphatic rings. The summed E-state index contributed by atoms with van der Waals surface area (Å²) in [6, 6.07) is 0. The summed E-state index contributed by atoms with van der Waals surface area (Å²) in [4.78, 5) is 0. The molecule has 0 spiro atoms. The van der Waals surface area contributed by atoms with Crippen molar-refractivity contribution in [3.8, 4) is 0 Å². The Morgan fingerprint density at radius 2 is 1.33 bits per heavy atom. The van der Waals surface area contributed by atoms with E-state index in [1.807, 2.05) is 0 Å². The summed E-state index contributed by atoms with van der Waals surface area (Å²) >= 11 is -3.65. The van der Waals surface area contributed by atoms with E-state index in [0.29, 0.717) is 0 Å². The Labute approximate surface area is 62.5 Å². The van der Waals surface area contributed by atoms with E-state index in [0.717, 1.165) is 0 Å². The van der Waals surface area contributed by atoms with Crippen LogP contribution in [0, 0.1) is 0 Å². The van der Waals surface area contributed by atoms with Crippen molar-refractivity contribution in [1.82, 2.24) is 0 Å². The molecule has 0 N–H and O–H groups in total. The van der Waals surface area contributed by atoms with Gasteiger partial charge in [-0.1, -0.05) is 0 Å². The summed E-state index contributed by atoms with van der Waals surface area (Å²) in [6.07, 6.45) is 0. The van der Waals surface area contributed by atoms with Gasteiger partial charge in [-0.2, -0.15) is 0 Å². The number of rotatable bonds is 0. The van der Waals surface area contributed by atoms with Gasteiger partial charge in [0, 0.05) is 0 Å². The summed E-state index contributed by atoms with van der Waals surface area (Å²) in [5.41, 5.74) is 0. The summed E-state index contributed by atoms with van der Waals surface area (Å²) in [7, 11) is 0. The normalized spacial score (nSPS) is 5.83. The van der Waals surface area contributed by atoms with Crippen LogP contribution < -0.4 is 27.2 Å². The molecule has 0 aromatic heterocycles. The molecule has 0 aromatic carbocycles. The van der Waals surface area contributed by atoms with Crippen LogP contribution in [-0.2, 0) is 35.4 Å². The third kappa shape index (κ3) is 55.3. The summed E-state index contributed by atoms with van der Waals surface area (Å²) in [5, 5.41) is 0. The van der Waals surface area contributed by atoms with Crippen molar-refractivity contribution in [2.75, 3.05) is 0 Å². The fourth-order valence-electron chi connectivity index (χ4n) is 0. The average Bonchev–Trinajstić information content (AvgIpc) is 0.811. The predicted molar refractivity (Wildman–Crippen MR) is 0.686 cm³/mol. The Kier molecular flexibility index (Phi) is 25.1. The molecule has 0 unspecified atom stereocenters. The molecule has 6 heteroatoms. The third-order valence-electron chi connectivity index (χ3n) is 0. The molecule has 0 bridgehead atoms. The van der Waals surface area contributed by atoms with E-state index >= 15 is 0 Å². The second kappa shape index (κ2) is 9.61. The Bertz CT molecular complexity index is 33.8. The molecule has 0 saturated carbocycles. The summed E-state index contributed by atoms with van der Waals surface area (Å²) < 4.78 is 25.6. The maximum absolute atomic E-state index is 8.52. The van der Waals surface area contributed by atoms with Crippen molar-refractivity contribution in [1.29, 1.82) is 0 Å². The molecule has 0 rings (SSSR count). The number of hydrogen-bond acceptors (Lipinski definition) is 3. The molecule has 6 heavy (non-hydrogen) atoms. The molecule has 0 aliphatic heterocycles. The van der Waals surface area contributed by atoms with Crippen LogP contribution in [0.4, 0.5) is 0 Å². The fourth-order valence-corrected chi connectivity index (χ4v) is 0. The molecule has 0 atom stereocenters. The molecule has 3 nitrogen and oxygen atoms in total. The Morgan fingerprint density at radius 3 is 1.33 bits per heavy atom. The van der Waals surface area contributed by atoms with Crippen LogP contribution in [0.15, 0.2) is 0 Å². The zero-order chi connectivity index (χ0) is 3.58. The first-order valence-electron chi connectivity index (χ1n) is 0.463. The molecular weight excluding hydrogens is 166 g/mol. The van der Waals surface area contributed by atoms with Crippen molar-refractivity contribution < 1.29 is 62.6 Å². The van der Waals surface area contributed by atoms with E-state index in [1.54, 1.807) is 0 Å².